The van der Waals surface area contributed by atoms with Gasteiger partial charge in [-0.15, -0.1) is 6.58 Å². The van der Waals surface area contributed by atoms with Gasteiger partial charge in [-0.3, -0.25) is 0 Å². The number of hydrogen-bond donors (Lipinski definition) is 1. The molecule has 0 aliphatic rings. The lowest BCUT2D eigenvalue weighted by Gasteiger charge is -2.26. The van der Waals surface area contributed by atoms with Crippen LogP contribution in [0.5, 0.6) is 0 Å². The van der Waals surface area contributed by atoms with Crippen molar-refractivity contribution in [3.8, 4) is 0 Å². The molecule has 0 amide bonds. The van der Waals surface area contributed by atoms with Crippen LogP contribution in [0.3, 0.4) is 0 Å². The van der Waals surface area contributed by atoms with Gasteiger partial charge >= 0.3 is 0 Å². The standard InChI is InChI=1S/C8H16O/c1-5-7(9)8(3,4)6-2/h5,7,9H,1,6H2,2-4H3. The second kappa shape index (κ2) is 3.02. The zero-order valence-electron chi connectivity index (χ0n) is 6.52. The van der Waals surface area contributed by atoms with Crippen LogP contribution in [0, 0.1) is 5.41 Å². The van der Waals surface area contributed by atoms with Gasteiger partial charge in [-0.05, 0) is 11.8 Å². The summed E-state index contributed by atoms with van der Waals surface area (Å²) in [5.74, 6) is 0. The van der Waals surface area contributed by atoms with Crippen LogP contribution in [-0.2, 0) is 0 Å². The summed E-state index contributed by atoms with van der Waals surface area (Å²) >= 11 is 0. The molecule has 0 aromatic rings. The Hall–Kier alpha value is -0.300. The Kier molecular flexibility index (Phi) is 2.92. The maximum atomic E-state index is 9.27. The Labute approximate surface area is 57.4 Å². The molecule has 0 saturated heterocycles. The van der Waals surface area contributed by atoms with Crippen LogP contribution in [0.1, 0.15) is 27.2 Å². The van der Waals surface area contributed by atoms with E-state index in [0.29, 0.717) is 0 Å². The zero-order valence-corrected chi connectivity index (χ0v) is 6.52. The molecule has 0 radical (unpaired) electrons. The third kappa shape index (κ3) is 2.19. The molecule has 54 valence electrons. The summed E-state index contributed by atoms with van der Waals surface area (Å²) in [5, 5.41) is 9.27. The van der Waals surface area contributed by atoms with Crippen LogP contribution >= 0.6 is 0 Å². The maximum Gasteiger partial charge on any atom is 0.0769 e. The summed E-state index contributed by atoms with van der Waals surface area (Å²) in [5.41, 5.74) is -0.0122. The molecule has 1 unspecified atom stereocenters. The van der Waals surface area contributed by atoms with Crippen LogP contribution < -0.4 is 0 Å². The van der Waals surface area contributed by atoms with Crippen LogP contribution in [0.2, 0.25) is 0 Å². The van der Waals surface area contributed by atoms with Crippen molar-refractivity contribution >= 4 is 0 Å². The number of rotatable bonds is 3. The first kappa shape index (κ1) is 8.70. The fourth-order valence-electron chi connectivity index (χ4n) is 0.528. The molecule has 0 aliphatic carbocycles. The summed E-state index contributed by atoms with van der Waals surface area (Å²) in [6.07, 6.45) is 2.19. The van der Waals surface area contributed by atoms with Gasteiger partial charge in [0.05, 0.1) is 6.10 Å². The summed E-state index contributed by atoms with van der Waals surface area (Å²) in [7, 11) is 0. The first-order valence-corrected chi connectivity index (χ1v) is 3.35. The summed E-state index contributed by atoms with van der Waals surface area (Å²) in [4.78, 5) is 0. The molecule has 0 aliphatic heterocycles. The monoisotopic (exact) mass is 128 g/mol. The molecule has 0 spiro atoms. The first-order chi connectivity index (χ1) is 4.04. The second-order valence-electron chi connectivity index (χ2n) is 3.02. The lowest BCUT2D eigenvalue weighted by atomic mass is 9.84. The third-order valence-electron chi connectivity index (χ3n) is 1.94. The van der Waals surface area contributed by atoms with Gasteiger partial charge < -0.3 is 5.11 Å². The maximum absolute atomic E-state index is 9.27. The van der Waals surface area contributed by atoms with Crippen molar-refractivity contribution in [1.29, 1.82) is 0 Å². The minimum Gasteiger partial charge on any atom is -0.388 e. The van der Waals surface area contributed by atoms with E-state index in [9.17, 15) is 5.11 Å². The lowest BCUT2D eigenvalue weighted by Crippen LogP contribution is -2.25. The van der Waals surface area contributed by atoms with Crippen molar-refractivity contribution in [3.05, 3.63) is 12.7 Å². The number of aliphatic hydroxyl groups excluding tert-OH is 1. The molecule has 0 aromatic carbocycles. The lowest BCUT2D eigenvalue weighted by molar-refractivity contribution is 0.0879. The molecule has 0 fully saturated rings. The second-order valence-corrected chi connectivity index (χ2v) is 3.02. The van der Waals surface area contributed by atoms with Gasteiger partial charge in [-0.25, -0.2) is 0 Å². The Morgan fingerprint density at radius 2 is 2.11 bits per heavy atom. The number of hydrogen-bond acceptors (Lipinski definition) is 1. The van der Waals surface area contributed by atoms with Crippen molar-refractivity contribution in [2.45, 2.75) is 33.3 Å². The van der Waals surface area contributed by atoms with Gasteiger partial charge in [0, 0.05) is 0 Å². The molecule has 0 heterocycles. The average Bonchev–Trinajstić information content (AvgIpc) is 1.86. The van der Waals surface area contributed by atoms with Gasteiger partial charge in [0.2, 0.25) is 0 Å². The van der Waals surface area contributed by atoms with E-state index in [1.54, 1.807) is 6.08 Å². The molecule has 1 N–H and O–H groups in total. The van der Waals surface area contributed by atoms with E-state index in [1.807, 2.05) is 13.8 Å². The summed E-state index contributed by atoms with van der Waals surface area (Å²) < 4.78 is 0. The fourth-order valence-corrected chi connectivity index (χ4v) is 0.528. The van der Waals surface area contributed by atoms with E-state index in [-0.39, 0.29) is 11.5 Å². The molecule has 0 saturated carbocycles. The smallest absolute Gasteiger partial charge is 0.0769 e. The van der Waals surface area contributed by atoms with E-state index in [2.05, 4.69) is 13.5 Å². The minimum absolute atomic E-state index is 0.0122. The first-order valence-electron chi connectivity index (χ1n) is 3.35. The molecule has 1 heteroatoms. The van der Waals surface area contributed by atoms with Crippen LogP contribution in [0.25, 0.3) is 0 Å². The molecular formula is C8H16O. The van der Waals surface area contributed by atoms with E-state index in [0.717, 1.165) is 6.42 Å². The molecular weight excluding hydrogens is 112 g/mol. The SMILES string of the molecule is C=CC(O)C(C)(C)CC. The van der Waals surface area contributed by atoms with Crippen molar-refractivity contribution in [3.63, 3.8) is 0 Å². The van der Waals surface area contributed by atoms with Crippen LogP contribution in [0.15, 0.2) is 12.7 Å². The summed E-state index contributed by atoms with van der Waals surface area (Å²) in [6, 6.07) is 0. The topological polar surface area (TPSA) is 20.2 Å². The van der Waals surface area contributed by atoms with Gasteiger partial charge in [-0.2, -0.15) is 0 Å². The van der Waals surface area contributed by atoms with Crippen molar-refractivity contribution in [2.24, 2.45) is 5.41 Å². The zero-order chi connectivity index (χ0) is 7.49. The normalized spacial score (nSPS) is 15.1. The van der Waals surface area contributed by atoms with Crippen LogP contribution in [-0.4, -0.2) is 11.2 Å². The average molecular weight is 128 g/mol. The molecule has 9 heavy (non-hydrogen) atoms. The van der Waals surface area contributed by atoms with Crippen molar-refractivity contribution in [2.75, 3.05) is 0 Å². The molecule has 0 rings (SSSR count). The summed E-state index contributed by atoms with van der Waals surface area (Å²) in [6.45, 7) is 9.64. The predicted octanol–water partition coefficient (Wildman–Crippen LogP) is 1.97. The van der Waals surface area contributed by atoms with Crippen molar-refractivity contribution < 1.29 is 5.11 Å². The predicted molar refractivity (Wildman–Crippen MR) is 40.3 cm³/mol. The van der Waals surface area contributed by atoms with Gasteiger partial charge in [-0.1, -0.05) is 26.8 Å². The van der Waals surface area contributed by atoms with E-state index in [4.69, 9.17) is 0 Å². The van der Waals surface area contributed by atoms with E-state index >= 15 is 0 Å². The Balaban J connectivity index is 3.95. The highest BCUT2D eigenvalue weighted by molar-refractivity contribution is 4.89. The van der Waals surface area contributed by atoms with Gasteiger partial charge in [0.1, 0.15) is 0 Å². The Morgan fingerprint density at radius 3 is 2.22 bits per heavy atom. The molecule has 0 bridgehead atoms. The molecule has 1 atom stereocenters. The molecule has 0 aromatic heterocycles. The van der Waals surface area contributed by atoms with Crippen molar-refractivity contribution in [1.82, 2.24) is 0 Å². The third-order valence-corrected chi connectivity index (χ3v) is 1.94. The van der Waals surface area contributed by atoms with Gasteiger partial charge in [0.15, 0.2) is 0 Å². The van der Waals surface area contributed by atoms with Gasteiger partial charge in [0.25, 0.3) is 0 Å². The van der Waals surface area contributed by atoms with Crippen LogP contribution in [0.4, 0.5) is 0 Å². The van der Waals surface area contributed by atoms with E-state index < -0.39 is 0 Å². The highest BCUT2D eigenvalue weighted by Crippen LogP contribution is 2.24. The Bertz CT molecular complexity index is 94.7. The minimum atomic E-state index is -0.373. The quantitative estimate of drug-likeness (QED) is 0.576. The van der Waals surface area contributed by atoms with E-state index in [1.165, 1.54) is 0 Å². The Morgan fingerprint density at radius 1 is 1.67 bits per heavy atom. The fraction of sp³-hybridized carbons (Fsp3) is 0.750. The largest absolute Gasteiger partial charge is 0.388 e. The number of aliphatic hydroxyl groups is 1. The molecule has 1 nitrogen and oxygen atoms in total. The highest BCUT2D eigenvalue weighted by Gasteiger charge is 2.22. The highest BCUT2D eigenvalue weighted by atomic mass is 16.3.